The van der Waals surface area contributed by atoms with Gasteiger partial charge in [0.2, 0.25) is 0 Å². The number of nitriles is 1. The molecule has 0 bridgehead atoms. The van der Waals surface area contributed by atoms with Gasteiger partial charge in [0.1, 0.15) is 0 Å². The molecule has 0 unspecified atom stereocenters. The maximum Gasteiger partial charge on any atom is 0.152 e. The van der Waals surface area contributed by atoms with E-state index >= 15 is 0 Å². The quantitative estimate of drug-likeness (QED) is 0.583. The van der Waals surface area contributed by atoms with Gasteiger partial charge in [0.05, 0.1) is 11.5 Å². The highest BCUT2D eigenvalue weighted by Gasteiger charge is 2.15. The molecule has 3 nitrogen and oxygen atoms in total. The first-order valence-corrected chi connectivity index (χ1v) is 7.02. The van der Waals surface area contributed by atoms with E-state index in [1.54, 1.807) is 0 Å². The number of aromatic nitrogens is 1. The number of rotatable bonds is 6. The van der Waals surface area contributed by atoms with Gasteiger partial charge in [0.15, 0.2) is 6.29 Å². The van der Waals surface area contributed by atoms with Gasteiger partial charge in [-0.1, -0.05) is 24.6 Å². The van der Waals surface area contributed by atoms with Gasteiger partial charge in [0.25, 0.3) is 0 Å². The Balaban J connectivity index is 2.04. The molecule has 2 rings (SSSR count). The van der Waals surface area contributed by atoms with E-state index in [9.17, 15) is 4.79 Å². The van der Waals surface area contributed by atoms with Crippen molar-refractivity contribution < 1.29 is 4.79 Å². The number of benzene rings is 1. The van der Waals surface area contributed by atoms with E-state index in [0.717, 1.165) is 48.6 Å². The molecular formula is C17H20N2O. The number of para-hydroxylation sites is 1. The first kappa shape index (κ1) is 14.3. The Labute approximate surface area is 119 Å². The molecule has 0 aliphatic heterocycles. The van der Waals surface area contributed by atoms with Gasteiger partial charge in [0, 0.05) is 29.2 Å². The van der Waals surface area contributed by atoms with E-state index in [2.05, 4.69) is 10.6 Å². The van der Waals surface area contributed by atoms with Crippen LogP contribution < -0.4 is 0 Å². The zero-order valence-corrected chi connectivity index (χ0v) is 12.1. The second-order valence-corrected chi connectivity index (χ2v) is 5.87. The molecule has 0 saturated carbocycles. The zero-order chi connectivity index (χ0) is 14.6. The number of aldehydes is 1. The van der Waals surface area contributed by atoms with E-state index in [0.29, 0.717) is 0 Å². The van der Waals surface area contributed by atoms with Crippen molar-refractivity contribution in [1.82, 2.24) is 4.57 Å². The fourth-order valence-corrected chi connectivity index (χ4v) is 2.46. The van der Waals surface area contributed by atoms with Crippen LogP contribution in [0.2, 0.25) is 0 Å². The fourth-order valence-electron chi connectivity index (χ4n) is 2.46. The third-order valence-electron chi connectivity index (χ3n) is 3.70. The molecule has 2 aromatic rings. The van der Waals surface area contributed by atoms with Crippen LogP contribution >= 0.6 is 0 Å². The first-order valence-electron chi connectivity index (χ1n) is 7.02. The lowest BCUT2D eigenvalue weighted by molar-refractivity contribution is 0.112. The summed E-state index contributed by atoms with van der Waals surface area (Å²) < 4.78 is 2.14. The summed E-state index contributed by atoms with van der Waals surface area (Å²) in [4.78, 5) is 11.1. The molecule has 0 fully saturated rings. The molecule has 0 aliphatic carbocycles. The molecule has 0 radical (unpaired) electrons. The Bertz CT molecular complexity index is 647. The predicted molar refractivity (Wildman–Crippen MR) is 80.6 cm³/mol. The Hall–Kier alpha value is -2.08. The summed E-state index contributed by atoms with van der Waals surface area (Å²) in [6, 6.07) is 10.3. The van der Waals surface area contributed by atoms with Gasteiger partial charge in [-0.3, -0.25) is 4.79 Å². The van der Waals surface area contributed by atoms with E-state index in [4.69, 9.17) is 5.26 Å². The molecule has 3 heteroatoms. The molecule has 1 aromatic heterocycles. The van der Waals surface area contributed by atoms with Crippen LogP contribution in [0.3, 0.4) is 0 Å². The zero-order valence-electron chi connectivity index (χ0n) is 12.1. The SMILES string of the molecule is CC(C)(C#N)CCCCn1cc(C=O)c2ccccc21. The van der Waals surface area contributed by atoms with Crippen molar-refractivity contribution in [2.24, 2.45) is 5.41 Å². The van der Waals surface area contributed by atoms with Crippen molar-refractivity contribution in [3.63, 3.8) is 0 Å². The molecule has 0 spiro atoms. The number of unbranched alkanes of at least 4 members (excludes halogenated alkanes) is 1. The third-order valence-corrected chi connectivity index (χ3v) is 3.70. The number of hydrogen-bond acceptors (Lipinski definition) is 2. The van der Waals surface area contributed by atoms with Crippen molar-refractivity contribution in [3.05, 3.63) is 36.0 Å². The molecule has 1 heterocycles. The molecule has 0 aliphatic rings. The lowest BCUT2D eigenvalue weighted by atomic mass is 9.89. The smallest absolute Gasteiger partial charge is 0.152 e. The Morgan fingerprint density at radius 1 is 1.30 bits per heavy atom. The van der Waals surface area contributed by atoms with Crippen LogP contribution in [0.4, 0.5) is 0 Å². The van der Waals surface area contributed by atoms with Crippen LogP contribution in [-0.4, -0.2) is 10.9 Å². The molecule has 0 atom stereocenters. The highest BCUT2D eigenvalue weighted by Crippen LogP contribution is 2.23. The van der Waals surface area contributed by atoms with Gasteiger partial charge < -0.3 is 4.57 Å². The average Bonchev–Trinajstić information content (AvgIpc) is 2.82. The summed E-state index contributed by atoms with van der Waals surface area (Å²) in [5.74, 6) is 0. The predicted octanol–water partition coefficient (Wildman–Crippen LogP) is 4.17. The molecule has 1 aromatic carbocycles. The Morgan fingerprint density at radius 3 is 2.75 bits per heavy atom. The number of hydrogen-bond donors (Lipinski definition) is 0. The number of aryl methyl sites for hydroxylation is 1. The maximum atomic E-state index is 11.1. The molecule has 20 heavy (non-hydrogen) atoms. The fraction of sp³-hybridized carbons (Fsp3) is 0.412. The van der Waals surface area contributed by atoms with Gasteiger partial charge in [-0.2, -0.15) is 5.26 Å². The standard InChI is InChI=1S/C17H20N2O/c1-17(2,13-18)9-5-6-10-19-11-14(12-20)15-7-3-4-8-16(15)19/h3-4,7-8,11-12H,5-6,9-10H2,1-2H3. The lowest BCUT2D eigenvalue weighted by Gasteiger charge is -2.14. The number of fused-ring (bicyclic) bond motifs is 1. The van der Waals surface area contributed by atoms with Crippen molar-refractivity contribution in [2.45, 2.75) is 39.7 Å². The second kappa shape index (κ2) is 5.92. The summed E-state index contributed by atoms with van der Waals surface area (Å²) in [6.07, 6.45) is 5.78. The largest absolute Gasteiger partial charge is 0.347 e. The number of carbonyl (C=O) groups is 1. The summed E-state index contributed by atoms with van der Waals surface area (Å²) in [6.45, 7) is 4.83. The third kappa shape index (κ3) is 3.08. The summed E-state index contributed by atoms with van der Waals surface area (Å²) in [5.41, 5.74) is 1.61. The van der Waals surface area contributed by atoms with Gasteiger partial charge in [-0.25, -0.2) is 0 Å². The van der Waals surface area contributed by atoms with Crippen molar-refractivity contribution in [2.75, 3.05) is 0 Å². The van der Waals surface area contributed by atoms with Gasteiger partial charge in [-0.15, -0.1) is 0 Å². The van der Waals surface area contributed by atoms with Crippen molar-refractivity contribution in [3.8, 4) is 6.07 Å². The average molecular weight is 268 g/mol. The van der Waals surface area contributed by atoms with Crippen LogP contribution in [0.15, 0.2) is 30.5 Å². The second-order valence-electron chi connectivity index (χ2n) is 5.87. The normalized spacial score (nSPS) is 11.4. The van der Waals surface area contributed by atoms with E-state index < -0.39 is 0 Å². The number of carbonyl (C=O) groups excluding carboxylic acids is 1. The van der Waals surface area contributed by atoms with E-state index in [1.165, 1.54) is 0 Å². The Morgan fingerprint density at radius 2 is 2.05 bits per heavy atom. The van der Waals surface area contributed by atoms with Crippen LogP contribution in [0.1, 0.15) is 43.5 Å². The maximum absolute atomic E-state index is 11.1. The minimum atomic E-state index is -0.243. The van der Waals surface area contributed by atoms with Crippen LogP contribution in [0.5, 0.6) is 0 Å². The highest BCUT2D eigenvalue weighted by atomic mass is 16.1. The van der Waals surface area contributed by atoms with Crippen LogP contribution in [-0.2, 0) is 6.54 Å². The van der Waals surface area contributed by atoms with Crippen LogP contribution in [0, 0.1) is 16.7 Å². The van der Waals surface area contributed by atoms with Crippen molar-refractivity contribution >= 4 is 17.2 Å². The topological polar surface area (TPSA) is 45.8 Å². The summed E-state index contributed by atoms with van der Waals surface area (Å²) in [7, 11) is 0. The monoisotopic (exact) mass is 268 g/mol. The Kier molecular flexibility index (Phi) is 4.24. The summed E-state index contributed by atoms with van der Waals surface area (Å²) >= 11 is 0. The molecule has 0 amide bonds. The summed E-state index contributed by atoms with van der Waals surface area (Å²) in [5, 5.41) is 10.0. The molecule has 0 N–H and O–H groups in total. The van der Waals surface area contributed by atoms with Crippen molar-refractivity contribution in [1.29, 1.82) is 5.26 Å². The number of nitrogens with zero attached hydrogens (tertiary/aromatic N) is 2. The van der Waals surface area contributed by atoms with Crippen LogP contribution in [0.25, 0.3) is 10.9 Å². The van der Waals surface area contributed by atoms with Gasteiger partial charge in [-0.05, 0) is 32.8 Å². The molecule has 104 valence electrons. The minimum Gasteiger partial charge on any atom is -0.347 e. The van der Waals surface area contributed by atoms with Gasteiger partial charge >= 0.3 is 0 Å². The molecule has 0 saturated heterocycles. The van der Waals surface area contributed by atoms with E-state index in [-0.39, 0.29) is 5.41 Å². The molecular weight excluding hydrogens is 248 g/mol. The first-order chi connectivity index (χ1) is 9.57. The highest BCUT2D eigenvalue weighted by molar-refractivity contribution is 5.97. The minimum absolute atomic E-state index is 0.243. The van der Waals surface area contributed by atoms with E-state index in [1.807, 2.05) is 44.3 Å². The lowest BCUT2D eigenvalue weighted by Crippen LogP contribution is -2.08.